The fourth-order valence-electron chi connectivity index (χ4n) is 3.90. The maximum Gasteiger partial charge on any atom is 0.274 e. The Balaban J connectivity index is 1.41. The predicted molar refractivity (Wildman–Crippen MR) is 111 cm³/mol. The van der Waals surface area contributed by atoms with Crippen molar-refractivity contribution in [1.82, 2.24) is 15.1 Å². The first-order valence-electron chi connectivity index (χ1n) is 9.68. The van der Waals surface area contributed by atoms with Gasteiger partial charge in [-0.25, -0.2) is 4.68 Å². The number of fused-ring (bicyclic) bond motifs is 2. The highest BCUT2D eigenvalue weighted by atomic mass is 16.1. The minimum Gasteiger partial charge on any atom is -0.370 e. The largest absolute Gasteiger partial charge is 0.370 e. The molecule has 1 aliphatic heterocycles. The van der Waals surface area contributed by atoms with E-state index in [-0.39, 0.29) is 17.9 Å². The zero-order chi connectivity index (χ0) is 19.5. The first-order valence-corrected chi connectivity index (χ1v) is 9.68. The summed E-state index contributed by atoms with van der Waals surface area (Å²) >= 11 is 0. The molecule has 0 radical (unpaired) electrons. The molecule has 1 aromatic heterocycles. The first-order chi connectivity index (χ1) is 13.6. The second kappa shape index (κ2) is 7.84. The number of rotatable bonds is 5. The molecule has 0 fully saturated rings. The molecule has 0 saturated carbocycles. The number of aryl methyl sites for hydroxylation is 2. The Morgan fingerprint density at radius 1 is 1.11 bits per heavy atom. The quantitative estimate of drug-likeness (QED) is 0.740. The number of nitrogens with zero attached hydrogens (tertiary/aromatic N) is 3. The van der Waals surface area contributed by atoms with Gasteiger partial charge in [0.05, 0.1) is 17.5 Å². The number of carbonyl (C=O) groups is 1. The Labute approximate surface area is 163 Å². The van der Waals surface area contributed by atoms with Crippen LogP contribution in [0.2, 0.25) is 0 Å². The number of amides is 1. The smallest absolute Gasteiger partial charge is 0.274 e. The van der Waals surface area contributed by atoms with E-state index in [0.717, 1.165) is 31.3 Å². The summed E-state index contributed by atoms with van der Waals surface area (Å²) in [6.45, 7) is 2.38. The fraction of sp³-hybridized carbons (Fsp3) is 0.318. The zero-order valence-corrected chi connectivity index (χ0v) is 16.0. The van der Waals surface area contributed by atoms with E-state index < -0.39 is 0 Å². The third kappa shape index (κ3) is 3.63. The predicted octanol–water partition coefficient (Wildman–Crippen LogP) is 2.04. The van der Waals surface area contributed by atoms with Gasteiger partial charge in [-0.1, -0.05) is 36.4 Å². The minimum atomic E-state index is -0.150. The molecule has 1 aliphatic rings. The summed E-state index contributed by atoms with van der Waals surface area (Å²) in [5.74, 6) is -0.0819. The molecular formula is C22H24N4O2. The molecular weight excluding hydrogens is 352 g/mol. The molecule has 28 heavy (non-hydrogen) atoms. The molecule has 3 aromatic rings. The number of benzene rings is 2. The van der Waals surface area contributed by atoms with Gasteiger partial charge in [-0.2, -0.15) is 5.10 Å². The molecule has 6 nitrogen and oxygen atoms in total. The average molecular weight is 376 g/mol. The SMILES string of the molecule is Cn1nc(CC(=O)NCCN2CCCc3ccccc32)c2ccccc2c1=O. The summed E-state index contributed by atoms with van der Waals surface area (Å²) in [6.07, 6.45) is 2.41. The van der Waals surface area contributed by atoms with Gasteiger partial charge in [-0.3, -0.25) is 9.59 Å². The van der Waals surface area contributed by atoms with Crippen molar-refractivity contribution in [3.05, 3.63) is 70.1 Å². The number of carbonyl (C=O) groups excluding carboxylic acids is 1. The van der Waals surface area contributed by atoms with Crippen LogP contribution < -0.4 is 15.8 Å². The van der Waals surface area contributed by atoms with Gasteiger partial charge in [0.25, 0.3) is 5.56 Å². The van der Waals surface area contributed by atoms with E-state index >= 15 is 0 Å². The van der Waals surface area contributed by atoms with Gasteiger partial charge in [0.15, 0.2) is 0 Å². The summed E-state index contributed by atoms with van der Waals surface area (Å²) in [5, 5.41) is 8.63. The third-order valence-electron chi connectivity index (χ3n) is 5.27. The van der Waals surface area contributed by atoms with Crippen LogP contribution in [-0.2, 0) is 24.7 Å². The molecule has 0 bridgehead atoms. The van der Waals surface area contributed by atoms with Crippen LogP contribution in [0.5, 0.6) is 0 Å². The van der Waals surface area contributed by atoms with Gasteiger partial charge in [0.1, 0.15) is 0 Å². The zero-order valence-electron chi connectivity index (χ0n) is 16.0. The standard InChI is InChI=1S/C22H24N4O2/c1-25-22(28)18-10-4-3-9-17(18)19(24-25)15-21(27)23-12-14-26-13-6-8-16-7-2-5-11-20(16)26/h2-5,7,9-11H,6,8,12-15H2,1H3,(H,23,27). The molecule has 1 N–H and O–H groups in total. The molecule has 0 aliphatic carbocycles. The van der Waals surface area contributed by atoms with Gasteiger partial charge in [0, 0.05) is 37.8 Å². The topological polar surface area (TPSA) is 67.2 Å². The summed E-state index contributed by atoms with van der Waals surface area (Å²) in [6, 6.07) is 15.8. The number of para-hydroxylation sites is 1. The van der Waals surface area contributed by atoms with E-state index in [1.165, 1.54) is 15.9 Å². The van der Waals surface area contributed by atoms with Crippen LogP contribution in [0.4, 0.5) is 5.69 Å². The third-order valence-corrected chi connectivity index (χ3v) is 5.27. The summed E-state index contributed by atoms with van der Waals surface area (Å²) in [4.78, 5) is 27.0. The van der Waals surface area contributed by atoms with Crippen molar-refractivity contribution < 1.29 is 4.79 Å². The Kier molecular flexibility index (Phi) is 5.10. The molecule has 0 saturated heterocycles. The lowest BCUT2D eigenvalue weighted by Crippen LogP contribution is -2.38. The molecule has 0 spiro atoms. The van der Waals surface area contributed by atoms with Crippen molar-refractivity contribution in [2.45, 2.75) is 19.3 Å². The highest BCUT2D eigenvalue weighted by Crippen LogP contribution is 2.26. The van der Waals surface area contributed by atoms with E-state index in [1.807, 2.05) is 18.2 Å². The van der Waals surface area contributed by atoms with Crippen LogP contribution in [0.25, 0.3) is 10.8 Å². The van der Waals surface area contributed by atoms with Crippen LogP contribution in [-0.4, -0.2) is 35.3 Å². The lowest BCUT2D eigenvalue weighted by atomic mass is 10.0. The molecule has 0 atom stereocenters. The van der Waals surface area contributed by atoms with Crippen molar-refractivity contribution in [1.29, 1.82) is 0 Å². The Hall–Kier alpha value is -3.15. The highest BCUT2D eigenvalue weighted by molar-refractivity contribution is 5.88. The lowest BCUT2D eigenvalue weighted by Gasteiger charge is -2.31. The van der Waals surface area contributed by atoms with Gasteiger partial charge in [-0.15, -0.1) is 0 Å². The minimum absolute atomic E-state index is 0.0819. The number of aromatic nitrogens is 2. The molecule has 144 valence electrons. The normalized spacial score (nSPS) is 13.4. The van der Waals surface area contributed by atoms with Crippen LogP contribution in [0, 0.1) is 0 Å². The van der Waals surface area contributed by atoms with E-state index in [1.54, 1.807) is 13.1 Å². The van der Waals surface area contributed by atoms with Crippen LogP contribution in [0.1, 0.15) is 17.7 Å². The van der Waals surface area contributed by atoms with E-state index in [4.69, 9.17) is 0 Å². The van der Waals surface area contributed by atoms with Gasteiger partial charge in [-0.05, 0) is 30.5 Å². The summed E-state index contributed by atoms with van der Waals surface area (Å²) < 4.78 is 1.30. The van der Waals surface area contributed by atoms with E-state index in [0.29, 0.717) is 17.6 Å². The van der Waals surface area contributed by atoms with E-state index in [9.17, 15) is 9.59 Å². The average Bonchev–Trinajstić information content (AvgIpc) is 2.72. The summed E-state index contributed by atoms with van der Waals surface area (Å²) in [7, 11) is 1.62. The Morgan fingerprint density at radius 3 is 2.71 bits per heavy atom. The first kappa shape index (κ1) is 18.2. The molecule has 1 amide bonds. The summed E-state index contributed by atoms with van der Waals surface area (Å²) in [5.41, 5.74) is 3.12. The number of anilines is 1. The van der Waals surface area contributed by atoms with Gasteiger partial charge < -0.3 is 10.2 Å². The number of hydrogen-bond acceptors (Lipinski definition) is 4. The maximum atomic E-state index is 12.5. The van der Waals surface area contributed by atoms with Crippen LogP contribution in [0.3, 0.4) is 0 Å². The Bertz CT molecular complexity index is 1070. The fourth-order valence-corrected chi connectivity index (χ4v) is 3.90. The molecule has 2 aromatic carbocycles. The van der Waals surface area contributed by atoms with Crippen molar-refractivity contribution in [3.63, 3.8) is 0 Å². The molecule has 6 heteroatoms. The Morgan fingerprint density at radius 2 is 1.86 bits per heavy atom. The second-order valence-corrected chi connectivity index (χ2v) is 7.17. The van der Waals surface area contributed by atoms with E-state index in [2.05, 4.69) is 39.6 Å². The second-order valence-electron chi connectivity index (χ2n) is 7.17. The number of nitrogens with one attached hydrogen (secondary N) is 1. The van der Waals surface area contributed by atoms with Crippen molar-refractivity contribution in [3.8, 4) is 0 Å². The van der Waals surface area contributed by atoms with Crippen molar-refractivity contribution >= 4 is 22.4 Å². The van der Waals surface area contributed by atoms with Gasteiger partial charge >= 0.3 is 0 Å². The monoisotopic (exact) mass is 376 g/mol. The van der Waals surface area contributed by atoms with Crippen molar-refractivity contribution in [2.75, 3.05) is 24.5 Å². The van der Waals surface area contributed by atoms with Gasteiger partial charge in [0.2, 0.25) is 5.91 Å². The maximum absolute atomic E-state index is 12.5. The molecule has 4 rings (SSSR count). The van der Waals surface area contributed by atoms with Crippen LogP contribution in [0.15, 0.2) is 53.3 Å². The van der Waals surface area contributed by atoms with Crippen molar-refractivity contribution in [2.24, 2.45) is 7.05 Å². The van der Waals surface area contributed by atoms with Crippen LogP contribution >= 0.6 is 0 Å². The molecule has 0 unspecified atom stereocenters. The molecule has 2 heterocycles. The number of hydrogen-bond donors (Lipinski definition) is 1. The lowest BCUT2D eigenvalue weighted by molar-refractivity contribution is -0.120. The highest BCUT2D eigenvalue weighted by Gasteiger charge is 2.16.